The summed E-state index contributed by atoms with van der Waals surface area (Å²) < 4.78 is 6.00. The summed E-state index contributed by atoms with van der Waals surface area (Å²) in [6.07, 6.45) is 1.89. The van der Waals surface area contributed by atoms with Crippen LogP contribution in [-0.4, -0.2) is 88.8 Å². The predicted octanol–water partition coefficient (Wildman–Crippen LogP) is 0.822. The van der Waals surface area contributed by atoms with Crippen molar-refractivity contribution in [1.29, 1.82) is 0 Å². The second kappa shape index (κ2) is 11.2. The molecule has 0 aromatic carbocycles. The summed E-state index contributed by atoms with van der Waals surface area (Å²) in [5.41, 5.74) is 0.515. The van der Waals surface area contributed by atoms with Gasteiger partial charge in [0.25, 0.3) is 5.91 Å². The van der Waals surface area contributed by atoms with Gasteiger partial charge in [0.05, 0.1) is 5.56 Å². The van der Waals surface area contributed by atoms with Gasteiger partial charge in [-0.15, -0.1) is 0 Å². The average Bonchev–Trinajstić information content (AvgIpc) is 2.84. The zero-order valence-corrected chi connectivity index (χ0v) is 19.5. The molecular formula is C23H31N5O6. The van der Waals surface area contributed by atoms with Crippen LogP contribution in [0.1, 0.15) is 43.5 Å². The Balaban J connectivity index is 1.57. The number of nitrogens with one attached hydrogen (secondary N) is 1. The van der Waals surface area contributed by atoms with Gasteiger partial charge in [0.2, 0.25) is 11.8 Å². The van der Waals surface area contributed by atoms with Gasteiger partial charge in [-0.2, -0.15) is 0 Å². The third-order valence-corrected chi connectivity index (χ3v) is 6.18. The number of ether oxygens (including phenoxy) is 1. The smallest absolute Gasteiger partial charge is 0.337 e. The van der Waals surface area contributed by atoms with Gasteiger partial charge in [0.1, 0.15) is 24.8 Å². The maximum Gasteiger partial charge on any atom is 0.337 e. The van der Waals surface area contributed by atoms with Crippen molar-refractivity contribution in [1.82, 2.24) is 20.1 Å². The molecule has 2 saturated heterocycles. The van der Waals surface area contributed by atoms with Gasteiger partial charge in [0, 0.05) is 44.4 Å². The van der Waals surface area contributed by atoms with E-state index in [9.17, 15) is 19.2 Å². The average molecular weight is 474 g/mol. The van der Waals surface area contributed by atoms with Gasteiger partial charge < -0.3 is 19.6 Å². The van der Waals surface area contributed by atoms with Crippen molar-refractivity contribution in [2.45, 2.75) is 45.4 Å². The number of piperidine rings is 1. The van der Waals surface area contributed by atoms with Gasteiger partial charge >= 0.3 is 5.97 Å². The van der Waals surface area contributed by atoms with E-state index in [1.165, 1.54) is 17.2 Å². The molecule has 184 valence electrons. The number of carbonyl (C=O) groups excluding carboxylic acids is 3. The maximum absolute atomic E-state index is 12.9. The molecule has 0 spiro atoms. The molecule has 3 heterocycles. The lowest BCUT2D eigenvalue weighted by Crippen LogP contribution is -2.56. The first kappa shape index (κ1) is 25.3. The maximum atomic E-state index is 12.9. The lowest BCUT2D eigenvalue weighted by molar-refractivity contribution is -0.156. The number of pyridine rings is 1. The zero-order chi connectivity index (χ0) is 24.8. The molecule has 2 aliphatic rings. The summed E-state index contributed by atoms with van der Waals surface area (Å²) in [4.78, 5) is 57.6. The number of hydrogen-bond donors (Lipinski definition) is 2. The molecule has 3 amide bonds. The van der Waals surface area contributed by atoms with Crippen LogP contribution in [0.4, 0.5) is 5.82 Å². The monoisotopic (exact) mass is 473 g/mol. The Labute approximate surface area is 198 Å². The van der Waals surface area contributed by atoms with Gasteiger partial charge in [-0.25, -0.2) is 9.78 Å². The number of carboxylic acid groups (broad SMARTS) is 1. The van der Waals surface area contributed by atoms with Gasteiger partial charge in [-0.05, 0) is 31.9 Å². The molecule has 2 fully saturated rings. The topological polar surface area (TPSA) is 132 Å². The molecule has 1 aromatic heterocycles. The molecule has 0 saturated carbocycles. The number of carbonyl (C=O) groups is 4. The number of rotatable bonds is 9. The molecule has 0 radical (unpaired) electrons. The van der Waals surface area contributed by atoms with E-state index in [0.29, 0.717) is 44.0 Å². The summed E-state index contributed by atoms with van der Waals surface area (Å²) in [5.74, 6) is -1.50. The first-order valence-corrected chi connectivity index (χ1v) is 11.3. The highest BCUT2D eigenvalue weighted by Crippen LogP contribution is 2.19. The van der Waals surface area contributed by atoms with Crippen LogP contribution in [0, 0.1) is 0 Å². The van der Waals surface area contributed by atoms with Crippen LogP contribution >= 0.6 is 0 Å². The fourth-order valence-electron chi connectivity index (χ4n) is 3.93. The van der Waals surface area contributed by atoms with Crippen molar-refractivity contribution in [3.05, 3.63) is 36.0 Å². The highest BCUT2D eigenvalue weighted by atomic mass is 16.5. The summed E-state index contributed by atoms with van der Waals surface area (Å²) >= 11 is 0. The van der Waals surface area contributed by atoms with E-state index in [4.69, 9.17) is 9.84 Å². The lowest BCUT2D eigenvalue weighted by atomic mass is 10.0. The third kappa shape index (κ3) is 5.97. The fourth-order valence-corrected chi connectivity index (χ4v) is 3.93. The molecule has 2 aliphatic heterocycles. The van der Waals surface area contributed by atoms with E-state index in [1.54, 1.807) is 6.07 Å². The van der Waals surface area contributed by atoms with E-state index in [-0.39, 0.29) is 43.2 Å². The Kier molecular flexibility index (Phi) is 8.35. The zero-order valence-electron chi connectivity index (χ0n) is 19.5. The molecule has 2 N–H and O–H groups in total. The Hall–Kier alpha value is -3.31. The van der Waals surface area contributed by atoms with Crippen molar-refractivity contribution in [2.75, 3.05) is 37.8 Å². The van der Waals surface area contributed by atoms with Crippen molar-refractivity contribution in [2.24, 2.45) is 0 Å². The summed E-state index contributed by atoms with van der Waals surface area (Å²) in [5, 5.41) is 11.3. The Morgan fingerprint density at radius 1 is 1.29 bits per heavy atom. The SMILES string of the molecule is C=C(CC)C(=O)N(COC(C)N1CCN(c2ccc(C(=O)O)cn2)CC1)C1CCC(=O)NC1=O. The molecule has 34 heavy (non-hydrogen) atoms. The van der Waals surface area contributed by atoms with Gasteiger partial charge in [-0.1, -0.05) is 13.5 Å². The molecule has 11 heteroatoms. The molecule has 2 unspecified atom stereocenters. The molecular weight excluding hydrogens is 442 g/mol. The van der Waals surface area contributed by atoms with Crippen LogP contribution in [-0.2, 0) is 19.1 Å². The minimum absolute atomic E-state index is 0.0935. The predicted molar refractivity (Wildman–Crippen MR) is 123 cm³/mol. The first-order valence-electron chi connectivity index (χ1n) is 11.3. The minimum Gasteiger partial charge on any atom is -0.478 e. The van der Waals surface area contributed by atoms with E-state index in [0.717, 1.165) is 0 Å². The standard InChI is InChI=1S/C23H31N5O6/c1-4-15(2)22(31)28(18-6-8-20(29)25-21(18)30)14-34-16(3)26-9-11-27(12-10-26)19-7-5-17(13-24-19)23(32)33/h5,7,13,16,18H,2,4,6,8-12,14H2,1,3H3,(H,32,33)(H,25,29,30). The number of nitrogens with zero attached hydrogens (tertiary/aromatic N) is 4. The van der Waals surface area contributed by atoms with E-state index in [1.807, 2.05) is 13.8 Å². The largest absolute Gasteiger partial charge is 0.478 e. The van der Waals surface area contributed by atoms with Crippen molar-refractivity contribution < 1.29 is 29.0 Å². The van der Waals surface area contributed by atoms with E-state index < -0.39 is 17.9 Å². The normalized spacial score (nSPS) is 19.9. The van der Waals surface area contributed by atoms with Crippen LogP contribution in [0.25, 0.3) is 0 Å². The molecule has 1 aromatic rings. The van der Waals surface area contributed by atoms with Gasteiger partial charge in [0.15, 0.2) is 0 Å². The second-order valence-electron chi connectivity index (χ2n) is 8.33. The van der Waals surface area contributed by atoms with Crippen LogP contribution in [0.3, 0.4) is 0 Å². The number of hydrogen-bond acceptors (Lipinski definition) is 8. The van der Waals surface area contributed by atoms with Crippen molar-refractivity contribution >= 4 is 29.5 Å². The summed E-state index contributed by atoms with van der Waals surface area (Å²) in [6.45, 7) is 10.1. The van der Waals surface area contributed by atoms with Crippen LogP contribution in [0.5, 0.6) is 0 Å². The molecule has 3 rings (SSSR count). The van der Waals surface area contributed by atoms with Crippen LogP contribution in [0.2, 0.25) is 0 Å². The minimum atomic E-state index is -1.01. The number of aromatic nitrogens is 1. The van der Waals surface area contributed by atoms with Crippen molar-refractivity contribution in [3.63, 3.8) is 0 Å². The quantitative estimate of drug-likeness (QED) is 0.304. The fraction of sp³-hybridized carbons (Fsp3) is 0.522. The summed E-state index contributed by atoms with van der Waals surface area (Å²) in [6, 6.07) is 2.45. The second-order valence-corrected chi connectivity index (χ2v) is 8.33. The number of aromatic carboxylic acids is 1. The number of carboxylic acids is 1. The number of anilines is 1. The lowest BCUT2D eigenvalue weighted by Gasteiger charge is -2.39. The highest BCUT2D eigenvalue weighted by molar-refractivity contribution is 6.03. The molecule has 2 atom stereocenters. The Bertz CT molecular complexity index is 942. The molecule has 0 aliphatic carbocycles. The highest BCUT2D eigenvalue weighted by Gasteiger charge is 2.35. The van der Waals surface area contributed by atoms with Crippen molar-refractivity contribution in [3.8, 4) is 0 Å². The van der Waals surface area contributed by atoms with Crippen LogP contribution in [0.15, 0.2) is 30.5 Å². The van der Waals surface area contributed by atoms with E-state index in [2.05, 4.69) is 26.7 Å². The Morgan fingerprint density at radius 3 is 2.56 bits per heavy atom. The first-order chi connectivity index (χ1) is 16.2. The van der Waals surface area contributed by atoms with Crippen LogP contribution < -0.4 is 10.2 Å². The van der Waals surface area contributed by atoms with E-state index >= 15 is 0 Å². The molecule has 11 nitrogen and oxygen atoms in total. The third-order valence-electron chi connectivity index (χ3n) is 6.18. The Morgan fingerprint density at radius 2 is 2.00 bits per heavy atom. The van der Waals surface area contributed by atoms with Gasteiger partial charge in [-0.3, -0.25) is 24.6 Å². The number of imide groups is 1. The molecule has 0 bridgehead atoms. The number of piperazine rings is 1. The summed E-state index contributed by atoms with van der Waals surface area (Å²) in [7, 11) is 0. The number of amides is 3.